The maximum atomic E-state index is 13.4. The molecule has 0 radical (unpaired) electrons. The van der Waals surface area contributed by atoms with Crippen LogP contribution in [0.3, 0.4) is 0 Å². The van der Waals surface area contributed by atoms with Crippen molar-refractivity contribution < 1.29 is 4.79 Å². The Morgan fingerprint density at radius 1 is 0.833 bits per heavy atom. The van der Waals surface area contributed by atoms with Gasteiger partial charge in [0, 0.05) is 35.5 Å². The number of carbonyl (C=O) groups is 1. The van der Waals surface area contributed by atoms with Crippen LogP contribution in [-0.4, -0.2) is 30.1 Å². The summed E-state index contributed by atoms with van der Waals surface area (Å²) >= 11 is 1.72. The molecular formula is C25H25N3OS. The van der Waals surface area contributed by atoms with Gasteiger partial charge in [-0.1, -0.05) is 66.4 Å². The van der Waals surface area contributed by atoms with E-state index in [0.29, 0.717) is 0 Å². The van der Waals surface area contributed by atoms with Gasteiger partial charge < -0.3 is 5.32 Å². The number of carbonyl (C=O) groups excluding carboxylic acids is 1. The summed E-state index contributed by atoms with van der Waals surface area (Å²) in [6.07, 6.45) is 1.95. The number of anilines is 2. The maximum absolute atomic E-state index is 13.4. The fourth-order valence-electron chi connectivity index (χ4n) is 4.24. The number of amides is 2. The van der Waals surface area contributed by atoms with Crippen LogP contribution in [0.2, 0.25) is 0 Å². The van der Waals surface area contributed by atoms with Crippen LogP contribution in [-0.2, 0) is 6.54 Å². The molecule has 1 saturated heterocycles. The van der Waals surface area contributed by atoms with E-state index in [1.165, 1.54) is 5.56 Å². The van der Waals surface area contributed by atoms with Crippen molar-refractivity contribution >= 4 is 29.2 Å². The molecule has 3 aromatic carbocycles. The second kappa shape index (κ2) is 8.54. The lowest BCUT2D eigenvalue weighted by Crippen LogP contribution is -2.48. The van der Waals surface area contributed by atoms with E-state index in [9.17, 15) is 4.79 Å². The SMILES string of the molecule is O=C(NC1CCN(Cc2ccccc2)CC1)N1c2ccccc2Sc2ccccc21. The van der Waals surface area contributed by atoms with Gasteiger partial charge in [0.2, 0.25) is 0 Å². The predicted molar refractivity (Wildman–Crippen MR) is 122 cm³/mol. The third-order valence-electron chi connectivity index (χ3n) is 5.80. The van der Waals surface area contributed by atoms with Gasteiger partial charge in [0.1, 0.15) is 0 Å². The highest BCUT2D eigenvalue weighted by atomic mass is 32.2. The number of hydrogen-bond acceptors (Lipinski definition) is 3. The molecule has 0 aromatic heterocycles. The lowest BCUT2D eigenvalue weighted by Gasteiger charge is -2.35. The third kappa shape index (κ3) is 3.95. The molecule has 152 valence electrons. The summed E-state index contributed by atoms with van der Waals surface area (Å²) in [6.45, 7) is 2.98. The molecule has 4 nitrogen and oxygen atoms in total. The first kappa shape index (κ1) is 19.2. The van der Waals surface area contributed by atoms with E-state index >= 15 is 0 Å². The highest BCUT2D eigenvalue weighted by Crippen LogP contribution is 2.47. The molecule has 0 unspecified atom stereocenters. The number of para-hydroxylation sites is 2. The summed E-state index contributed by atoms with van der Waals surface area (Å²) in [7, 11) is 0. The van der Waals surface area contributed by atoms with E-state index < -0.39 is 0 Å². The topological polar surface area (TPSA) is 35.6 Å². The van der Waals surface area contributed by atoms with Crippen LogP contribution in [0.4, 0.5) is 16.2 Å². The first-order valence-electron chi connectivity index (χ1n) is 10.5. The molecule has 2 aliphatic heterocycles. The Balaban J connectivity index is 1.26. The largest absolute Gasteiger partial charge is 0.335 e. The summed E-state index contributed by atoms with van der Waals surface area (Å²) in [5.74, 6) is 0. The fourth-order valence-corrected chi connectivity index (χ4v) is 5.30. The number of hydrogen-bond donors (Lipinski definition) is 1. The summed E-state index contributed by atoms with van der Waals surface area (Å²) in [5, 5.41) is 3.31. The van der Waals surface area contributed by atoms with Gasteiger partial charge in [-0.3, -0.25) is 9.80 Å². The minimum atomic E-state index is -0.0308. The van der Waals surface area contributed by atoms with Crippen molar-refractivity contribution in [2.45, 2.75) is 35.2 Å². The molecule has 5 rings (SSSR count). The quantitative estimate of drug-likeness (QED) is 0.599. The normalized spacial score (nSPS) is 16.6. The van der Waals surface area contributed by atoms with Crippen LogP contribution in [0.25, 0.3) is 0 Å². The van der Waals surface area contributed by atoms with Crippen LogP contribution >= 0.6 is 11.8 Å². The second-order valence-electron chi connectivity index (χ2n) is 7.86. The van der Waals surface area contributed by atoms with E-state index in [1.807, 2.05) is 41.3 Å². The second-order valence-corrected chi connectivity index (χ2v) is 8.94. The highest BCUT2D eigenvalue weighted by Gasteiger charge is 2.30. The Bertz CT molecular complexity index is 986. The number of nitrogens with zero attached hydrogens (tertiary/aromatic N) is 2. The molecule has 5 heteroatoms. The van der Waals surface area contributed by atoms with Gasteiger partial charge >= 0.3 is 6.03 Å². The number of benzene rings is 3. The molecular weight excluding hydrogens is 390 g/mol. The average molecular weight is 416 g/mol. The lowest BCUT2D eigenvalue weighted by molar-refractivity contribution is 0.189. The third-order valence-corrected chi connectivity index (χ3v) is 6.93. The first-order valence-corrected chi connectivity index (χ1v) is 11.3. The van der Waals surface area contributed by atoms with Gasteiger partial charge in [-0.05, 0) is 42.7 Å². The Labute approximate surface area is 181 Å². The number of piperidine rings is 1. The summed E-state index contributed by atoms with van der Waals surface area (Å²) in [6, 6.07) is 27.0. The Kier molecular flexibility index (Phi) is 5.47. The van der Waals surface area contributed by atoms with Crippen molar-refractivity contribution in [3.05, 3.63) is 84.4 Å². The van der Waals surface area contributed by atoms with E-state index in [4.69, 9.17) is 0 Å². The van der Waals surface area contributed by atoms with Crippen molar-refractivity contribution in [1.29, 1.82) is 0 Å². The van der Waals surface area contributed by atoms with E-state index in [0.717, 1.165) is 53.6 Å². The van der Waals surface area contributed by atoms with E-state index in [-0.39, 0.29) is 12.1 Å². The molecule has 0 saturated carbocycles. The molecule has 30 heavy (non-hydrogen) atoms. The van der Waals surface area contributed by atoms with Crippen LogP contribution in [0.5, 0.6) is 0 Å². The minimum Gasteiger partial charge on any atom is -0.335 e. The smallest absolute Gasteiger partial charge is 0.326 e. The van der Waals surface area contributed by atoms with Crippen molar-refractivity contribution in [3.8, 4) is 0 Å². The van der Waals surface area contributed by atoms with Crippen molar-refractivity contribution in [1.82, 2.24) is 10.2 Å². The Morgan fingerprint density at radius 3 is 2.03 bits per heavy atom. The summed E-state index contributed by atoms with van der Waals surface area (Å²) in [5.41, 5.74) is 3.26. The average Bonchev–Trinajstić information content (AvgIpc) is 2.79. The van der Waals surface area contributed by atoms with Gasteiger partial charge in [0.25, 0.3) is 0 Å². The monoisotopic (exact) mass is 415 g/mol. The first-order chi connectivity index (χ1) is 14.8. The van der Waals surface area contributed by atoms with Gasteiger partial charge in [0.15, 0.2) is 0 Å². The van der Waals surface area contributed by atoms with Gasteiger partial charge in [-0.2, -0.15) is 0 Å². The predicted octanol–water partition coefficient (Wildman–Crippen LogP) is 5.66. The van der Waals surface area contributed by atoms with Crippen LogP contribution in [0.15, 0.2) is 88.7 Å². The molecule has 2 aliphatic rings. The lowest BCUT2D eigenvalue weighted by atomic mass is 10.0. The number of nitrogens with one attached hydrogen (secondary N) is 1. The molecule has 0 atom stereocenters. The maximum Gasteiger partial charge on any atom is 0.326 e. The Hall–Kier alpha value is -2.76. The molecule has 1 fully saturated rings. The van der Waals surface area contributed by atoms with Gasteiger partial charge in [-0.25, -0.2) is 4.79 Å². The van der Waals surface area contributed by atoms with Crippen molar-refractivity contribution in [2.24, 2.45) is 0 Å². The Morgan fingerprint density at radius 2 is 1.40 bits per heavy atom. The van der Waals surface area contributed by atoms with Crippen LogP contribution in [0.1, 0.15) is 18.4 Å². The molecule has 0 bridgehead atoms. The van der Waals surface area contributed by atoms with Crippen LogP contribution in [0, 0.1) is 0 Å². The molecule has 2 amide bonds. The van der Waals surface area contributed by atoms with Crippen molar-refractivity contribution in [2.75, 3.05) is 18.0 Å². The van der Waals surface area contributed by atoms with E-state index in [2.05, 4.69) is 52.7 Å². The number of likely N-dealkylation sites (tertiary alicyclic amines) is 1. The van der Waals surface area contributed by atoms with Crippen LogP contribution < -0.4 is 10.2 Å². The van der Waals surface area contributed by atoms with Gasteiger partial charge in [0.05, 0.1) is 11.4 Å². The summed E-state index contributed by atoms with van der Waals surface area (Å²) in [4.78, 5) is 19.9. The van der Waals surface area contributed by atoms with E-state index in [1.54, 1.807) is 11.8 Å². The zero-order chi connectivity index (χ0) is 20.3. The number of urea groups is 1. The van der Waals surface area contributed by atoms with Crippen molar-refractivity contribution in [3.63, 3.8) is 0 Å². The molecule has 2 heterocycles. The molecule has 3 aromatic rings. The zero-order valence-corrected chi connectivity index (χ0v) is 17.6. The fraction of sp³-hybridized carbons (Fsp3) is 0.240. The summed E-state index contributed by atoms with van der Waals surface area (Å²) < 4.78 is 0. The number of rotatable bonds is 3. The molecule has 0 spiro atoms. The number of fused-ring (bicyclic) bond motifs is 2. The van der Waals surface area contributed by atoms with Gasteiger partial charge in [-0.15, -0.1) is 0 Å². The minimum absolute atomic E-state index is 0.0308. The standard InChI is InChI=1S/C25H25N3OS/c29-25(26-20-14-16-27(17-15-20)18-19-8-2-1-3-9-19)28-21-10-4-6-12-23(21)30-24-13-7-5-11-22(24)28/h1-13,20H,14-18H2,(H,26,29). The molecule has 1 N–H and O–H groups in total. The molecule has 0 aliphatic carbocycles. The highest BCUT2D eigenvalue weighted by molar-refractivity contribution is 7.99. The zero-order valence-electron chi connectivity index (χ0n) is 16.8.